The zero-order valence-electron chi connectivity index (χ0n) is 9.67. The minimum atomic E-state index is 0.407. The lowest BCUT2D eigenvalue weighted by molar-refractivity contribution is 0.421. The van der Waals surface area contributed by atoms with Crippen molar-refractivity contribution in [2.45, 2.75) is 31.8 Å². The lowest BCUT2D eigenvalue weighted by Crippen LogP contribution is -2.37. The topological polar surface area (TPSA) is 24.1 Å². The molecule has 1 aromatic rings. The molecular formula is C13H19ClN2. The van der Waals surface area contributed by atoms with E-state index in [0.717, 1.165) is 18.1 Å². The van der Waals surface area contributed by atoms with Crippen LogP contribution in [-0.2, 0) is 0 Å². The first-order valence-electron chi connectivity index (χ1n) is 6.03. The molecule has 1 saturated heterocycles. The van der Waals surface area contributed by atoms with Crippen LogP contribution in [0.25, 0.3) is 0 Å². The Bertz CT molecular complexity index is 317. The first kappa shape index (κ1) is 11.9. The molecule has 1 aliphatic rings. The largest absolute Gasteiger partial charge is 0.312 e. The smallest absolute Gasteiger partial charge is 0.0475 e. The molecule has 16 heavy (non-hydrogen) atoms. The average Bonchev–Trinajstić information content (AvgIpc) is 2.81. The number of nitrogens with one attached hydrogen (secondary N) is 2. The summed E-state index contributed by atoms with van der Waals surface area (Å²) in [5, 5.41) is 7.92. The molecule has 88 valence electrons. The van der Waals surface area contributed by atoms with Crippen LogP contribution < -0.4 is 10.6 Å². The third kappa shape index (κ3) is 2.76. The van der Waals surface area contributed by atoms with Crippen LogP contribution in [0.15, 0.2) is 24.3 Å². The van der Waals surface area contributed by atoms with Crippen molar-refractivity contribution in [3.05, 3.63) is 34.9 Å². The van der Waals surface area contributed by atoms with Crippen LogP contribution in [0.3, 0.4) is 0 Å². The predicted molar refractivity (Wildman–Crippen MR) is 68.9 cm³/mol. The molecule has 0 bridgehead atoms. The number of hydrogen-bond donors (Lipinski definition) is 2. The third-order valence-electron chi connectivity index (χ3n) is 3.15. The van der Waals surface area contributed by atoms with Crippen LogP contribution in [0.2, 0.25) is 5.02 Å². The number of halogens is 1. The molecule has 1 heterocycles. The van der Waals surface area contributed by atoms with Crippen LogP contribution in [-0.4, -0.2) is 19.1 Å². The number of rotatable bonds is 4. The molecule has 1 aromatic carbocycles. The van der Waals surface area contributed by atoms with Gasteiger partial charge in [0.15, 0.2) is 0 Å². The third-order valence-corrected chi connectivity index (χ3v) is 3.41. The highest BCUT2D eigenvalue weighted by atomic mass is 35.5. The highest BCUT2D eigenvalue weighted by Crippen LogP contribution is 2.24. The lowest BCUT2D eigenvalue weighted by atomic mass is 9.98. The summed E-state index contributed by atoms with van der Waals surface area (Å²) in [4.78, 5) is 0. The van der Waals surface area contributed by atoms with E-state index in [1.807, 2.05) is 12.1 Å². The van der Waals surface area contributed by atoms with Crippen molar-refractivity contribution < 1.29 is 0 Å². The Morgan fingerprint density at radius 2 is 2.19 bits per heavy atom. The standard InChI is InChI=1S/C13H19ClN2/c1-2-15-13(12-4-3-9-16-12)10-5-7-11(14)8-6-10/h5-8,12-13,15-16H,2-4,9H2,1H3/t12?,13-/m0/s1. The molecule has 0 radical (unpaired) electrons. The van der Waals surface area contributed by atoms with Crippen molar-refractivity contribution in [2.75, 3.05) is 13.1 Å². The van der Waals surface area contributed by atoms with Crippen molar-refractivity contribution in [3.63, 3.8) is 0 Å². The molecule has 0 aliphatic carbocycles. The summed E-state index contributed by atoms with van der Waals surface area (Å²) >= 11 is 5.92. The van der Waals surface area contributed by atoms with Gasteiger partial charge in [-0.25, -0.2) is 0 Å². The van der Waals surface area contributed by atoms with Crippen LogP contribution >= 0.6 is 11.6 Å². The minimum absolute atomic E-state index is 0.407. The van der Waals surface area contributed by atoms with Gasteiger partial charge in [-0.1, -0.05) is 30.7 Å². The molecule has 2 rings (SSSR count). The first-order chi connectivity index (χ1) is 7.81. The second-order valence-corrected chi connectivity index (χ2v) is 4.73. The van der Waals surface area contributed by atoms with Crippen LogP contribution in [0.5, 0.6) is 0 Å². The van der Waals surface area contributed by atoms with Crippen molar-refractivity contribution in [1.82, 2.24) is 10.6 Å². The number of benzene rings is 1. The van der Waals surface area contributed by atoms with Gasteiger partial charge in [0.25, 0.3) is 0 Å². The van der Waals surface area contributed by atoms with Gasteiger partial charge in [-0.3, -0.25) is 0 Å². The number of hydrogen-bond acceptors (Lipinski definition) is 2. The molecule has 1 aliphatic heterocycles. The summed E-state index contributed by atoms with van der Waals surface area (Å²) in [5.74, 6) is 0. The average molecular weight is 239 g/mol. The van der Waals surface area contributed by atoms with Crippen molar-refractivity contribution in [1.29, 1.82) is 0 Å². The highest BCUT2D eigenvalue weighted by molar-refractivity contribution is 6.30. The van der Waals surface area contributed by atoms with E-state index >= 15 is 0 Å². The fraction of sp³-hybridized carbons (Fsp3) is 0.538. The van der Waals surface area contributed by atoms with E-state index in [1.54, 1.807) is 0 Å². The van der Waals surface area contributed by atoms with Crippen molar-refractivity contribution in [2.24, 2.45) is 0 Å². The Morgan fingerprint density at radius 1 is 1.44 bits per heavy atom. The van der Waals surface area contributed by atoms with E-state index in [0.29, 0.717) is 12.1 Å². The van der Waals surface area contributed by atoms with E-state index in [-0.39, 0.29) is 0 Å². The quantitative estimate of drug-likeness (QED) is 0.843. The predicted octanol–water partition coefficient (Wildman–Crippen LogP) is 2.74. The van der Waals surface area contributed by atoms with E-state index in [2.05, 4.69) is 29.7 Å². The number of likely N-dealkylation sites (N-methyl/N-ethyl adjacent to an activating group) is 1. The Labute approximate surface area is 102 Å². The second-order valence-electron chi connectivity index (χ2n) is 4.29. The van der Waals surface area contributed by atoms with Gasteiger partial charge < -0.3 is 10.6 Å². The van der Waals surface area contributed by atoms with E-state index in [4.69, 9.17) is 11.6 Å². The molecule has 0 spiro atoms. The van der Waals surface area contributed by atoms with Crippen molar-refractivity contribution in [3.8, 4) is 0 Å². The summed E-state index contributed by atoms with van der Waals surface area (Å²) < 4.78 is 0. The lowest BCUT2D eigenvalue weighted by Gasteiger charge is -2.25. The maximum atomic E-state index is 5.92. The Hall–Kier alpha value is -0.570. The van der Waals surface area contributed by atoms with Gasteiger partial charge in [0.05, 0.1) is 0 Å². The molecule has 2 nitrogen and oxygen atoms in total. The molecule has 0 aromatic heterocycles. The molecule has 2 atom stereocenters. The molecule has 1 fully saturated rings. The molecule has 0 amide bonds. The SMILES string of the molecule is CCN[C@@H](c1ccc(Cl)cc1)C1CCCN1. The monoisotopic (exact) mass is 238 g/mol. The summed E-state index contributed by atoms with van der Waals surface area (Å²) in [6, 6.07) is 9.14. The first-order valence-corrected chi connectivity index (χ1v) is 6.41. The zero-order valence-corrected chi connectivity index (χ0v) is 10.4. The Balaban J connectivity index is 2.14. The van der Waals surface area contributed by atoms with Gasteiger partial charge in [0, 0.05) is 17.1 Å². The van der Waals surface area contributed by atoms with E-state index in [1.165, 1.54) is 18.4 Å². The Morgan fingerprint density at radius 3 is 2.75 bits per heavy atom. The molecule has 1 unspecified atom stereocenters. The summed E-state index contributed by atoms with van der Waals surface area (Å²) in [7, 11) is 0. The molecule has 3 heteroatoms. The van der Waals surface area contributed by atoms with E-state index in [9.17, 15) is 0 Å². The van der Waals surface area contributed by atoms with E-state index < -0.39 is 0 Å². The van der Waals surface area contributed by atoms with Crippen LogP contribution in [0.4, 0.5) is 0 Å². The summed E-state index contributed by atoms with van der Waals surface area (Å²) in [6.45, 7) is 4.28. The fourth-order valence-corrected chi connectivity index (χ4v) is 2.50. The highest BCUT2D eigenvalue weighted by Gasteiger charge is 2.24. The van der Waals surface area contributed by atoms with Gasteiger partial charge in [-0.2, -0.15) is 0 Å². The second kappa shape index (κ2) is 5.67. The molecular weight excluding hydrogens is 220 g/mol. The molecule has 0 saturated carbocycles. The Kier molecular flexibility index (Phi) is 4.22. The summed E-state index contributed by atoms with van der Waals surface area (Å²) in [5.41, 5.74) is 1.32. The summed E-state index contributed by atoms with van der Waals surface area (Å²) in [6.07, 6.45) is 2.53. The normalized spacial score (nSPS) is 22.2. The maximum Gasteiger partial charge on any atom is 0.0475 e. The van der Waals surface area contributed by atoms with Gasteiger partial charge >= 0.3 is 0 Å². The van der Waals surface area contributed by atoms with Gasteiger partial charge in [-0.15, -0.1) is 0 Å². The zero-order chi connectivity index (χ0) is 11.4. The van der Waals surface area contributed by atoms with Gasteiger partial charge in [0.2, 0.25) is 0 Å². The maximum absolute atomic E-state index is 5.92. The minimum Gasteiger partial charge on any atom is -0.312 e. The molecule has 2 N–H and O–H groups in total. The van der Waals surface area contributed by atoms with Crippen molar-refractivity contribution >= 4 is 11.6 Å². The van der Waals surface area contributed by atoms with Crippen LogP contribution in [0.1, 0.15) is 31.4 Å². The fourth-order valence-electron chi connectivity index (χ4n) is 2.38. The van der Waals surface area contributed by atoms with Gasteiger partial charge in [0.1, 0.15) is 0 Å². The van der Waals surface area contributed by atoms with Crippen LogP contribution in [0, 0.1) is 0 Å². The van der Waals surface area contributed by atoms with Gasteiger partial charge in [-0.05, 0) is 43.6 Å².